The molecule has 4 nitrogen and oxygen atoms in total. The minimum atomic E-state index is -4.40. The predicted molar refractivity (Wildman–Crippen MR) is 77.9 cm³/mol. The standard InChI is InChI=1S/C16H20F3NO3/c1-11(9-15(2)22-7-8-23-15)10-20-14(21)12-3-5-13(6-4-12)16(17,18)19/h3-6,11H,7-10H2,1-2H3,(H,20,21). The topological polar surface area (TPSA) is 47.6 Å². The van der Waals surface area contributed by atoms with Crippen molar-refractivity contribution in [3.05, 3.63) is 35.4 Å². The molecule has 1 heterocycles. The minimum absolute atomic E-state index is 0.108. The van der Waals surface area contributed by atoms with Crippen molar-refractivity contribution >= 4 is 5.91 Å². The van der Waals surface area contributed by atoms with E-state index in [0.29, 0.717) is 26.2 Å². The number of hydrogen-bond donors (Lipinski definition) is 1. The Balaban J connectivity index is 1.84. The van der Waals surface area contributed by atoms with Crippen molar-refractivity contribution < 1.29 is 27.4 Å². The fourth-order valence-corrected chi connectivity index (χ4v) is 2.56. The molecule has 1 N–H and O–H groups in total. The second-order valence-electron chi connectivity index (χ2n) is 5.93. The first-order chi connectivity index (χ1) is 10.7. The molecule has 0 aliphatic carbocycles. The monoisotopic (exact) mass is 331 g/mol. The number of carbonyl (C=O) groups excluding carboxylic acids is 1. The summed E-state index contributed by atoms with van der Waals surface area (Å²) < 4.78 is 48.5. The summed E-state index contributed by atoms with van der Waals surface area (Å²) in [6.45, 7) is 5.31. The third-order valence-electron chi connectivity index (χ3n) is 3.70. The molecule has 1 atom stereocenters. The minimum Gasteiger partial charge on any atom is -0.352 e. The molecule has 1 unspecified atom stereocenters. The van der Waals surface area contributed by atoms with E-state index >= 15 is 0 Å². The van der Waals surface area contributed by atoms with Crippen LogP contribution in [0.25, 0.3) is 0 Å². The van der Waals surface area contributed by atoms with Gasteiger partial charge in [0, 0.05) is 18.5 Å². The van der Waals surface area contributed by atoms with E-state index in [0.717, 1.165) is 12.1 Å². The van der Waals surface area contributed by atoms with E-state index < -0.39 is 23.4 Å². The molecule has 1 aromatic carbocycles. The Morgan fingerprint density at radius 3 is 2.35 bits per heavy atom. The van der Waals surface area contributed by atoms with Crippen LogP contribution in [0.4, 0.5) is 13.2 Å². The van der Waals surface area contributed by atoms with Crippen LogP contribution >= 0.6 is 0 Å². The Bertz CT molecular complexity index is 536. The molecule has 23 heavy (non-hydrogen) atoms. The van der Waals surface area contributed by atoms with Crippen molar-refractivity contribution in [1.29, 1.82) is 0 Å². The summed E-state index contributed by atoms with van der Waals surface area (Å²) in [5.74, 6) is -0.918. The van der Waals surface area contributed by atoms with E-state index in [1.54, 1.807) is 0 Å². The largest absolute Gasteiger partial charge is 0.416 e. The summed E-state index contributed by atoms with van der Waals surface area (Å²) in [7, 11) is 0. The molecule has 1 amide bonds. The van der Waals surface area contributed by atoms with Crippen LogP contribution in [0.15, 0.2) is 24.3 Å². The summed E-state index contributed by atoms with van der Waals surface area (Å²) in [4.78, 5) is 12.0. The molecular formula is C16H20F3NO3. The Kier molecular flexibility index (Phi) is 5.31. The van der Waals surface area contributed by atoms with E-state index in [1.165, 1.54) is 12.1 Å². The van der Waals surface area contributed by atoms with E-state index in [4.69, 9.17) is 9.47 Å². The molecule has 128 valence electrons. The van der Waals surface area contributed by atoms with Crippen LogP contribution in [0, 0.1) is 5.92 Å². The van der Waals surface area contributed by atoms with Gasteiger partial charge in [0.1, 0.15) is 0 Å². The second-order valence-corrected chi connectivity index (χ2v) is 5.93. The van der Waals surface area contributed by atoms with Gasteiger partial charge in [-0.2, -0.15) is 13.2 Å². The Labute approximate surface area is 133 Å². The van der Waals surface area contributed by atoms with Gasteiger partial charge in [-0.25, -0.2) is 0 Å². The van der Waals surface area contributed by atoms with Crippen LogP contribution in [0.2, 0.25) is 0 Å². The highest BCUT2D eigenvalue weighted by molar-refractivity contribution is 5.94. The number of amides is 1. The maximum absolute atomic E-state index is 12.5. The number of benzene rings is 1. The van der Waals surface area contributed by atoms with Gasteiger partial charge >= 0.3 is 6.18 Å². The first-order valence-electron chi connectivity index (χ1n) is 7.43. The normalized spacial score (nSPS) is 18.7. The number of rotatable bonds is 5. The van der Waals surface area contributed by atoms with Crippen LogP contribution in [0.1, 0.15) is 36.2 Å². The van der Waals surface area contributed by atoms with Gasteiger partial charge in [0.25, 0.3) is 5.91 Å². The summed E-state index contributed by atoms with van der Waals surface area (Å²) in [6.07, 6.45) is -3.78. The van der Waals surface area contributed by atoms with Gasteiger partial charge in [0.05, 0.1) is 18.8 Å². The third-order valence-corrected chi connectivity index (χ3v) is 3.70. The average molecular weight is 331 g/mol. The third kappa shape index (κ3) is 4.94. The molecule has 0 bridgehead atoms. The predicted octanol–water partition coefficient (Wildman–Crippen LogP) is 3.22. The number of halogens is 3. The Morgan fingerprint density at radius 1 is 1.26 bits per heavy atom. The van der Waals surface area contributed by atoms with Gasteiger partial charge in [0.15, 0.2) is 5.79 Å². The second kappa shape index (κ2) is 6.88. The summed E-state index contributed by atoms with van der Waals surface area (Å²) in [5, 5.41) is 2.72. The van der Waals surface area contributed by atoms with E-state index in [-0.39, 0.29) is 11.5 Å². The first-order valence-corrected chi connectivity index (χ1v) is 7.43. The zero-order chi connectivity index (χ0) is 17.1. The summed E-state index contributed by atoms with van der Waals surface area (Å²) in [5.41, 5.74) is -0.573. The van der Waals surface area contributed by atoms with Gasteiger partial charge in [-0.05, 0) is 37.1 Å². The maximum atomic E-state index is 12.5. The van der Waals surface area contributed by atoms with Crippen LogP contribution < -0.4 is 5.32 Å². The molecule has 0 spiro atoms. The molecule has 1 saturated heterocycles. The smallest absolute Gasteiger partial charge is 0.352 e. The SMILES string of the molecule is CC(CNC(=O)c1ccc(C(F)(F)F)cc1)CC1(C)OCCO1. The zero-order valence-electron chi connectivity index (χ0n) is 13.1. The van der Waals surface area contributed by atoms with Gasteiger partial charge in [-0.15, -0.1) is 0 Å². The van der Waals surface area contributed by atoms with E-state index in [9.17, 15) is 18.0 Å². The lowest BCUT2D eigenvalue weighted by molar-refractivity contribution is -0.153. The number of hydrogen-bond acceptors (Lipinski definition) is 3. The maximum Gasteiger partial charge on any atom is 0.416 e. The fraction of sp³-hybridized carbons (Fsp3) is 0.562. The van der Waals surface area contributed by atoms with Crippen molar-refractivity contribution in [3.63, 3.8) is 0 Å². The number of ether oxygens (including phenoxy) is 2. The quantitative estimate of drug-likeness (QED) is 0.901. The summed E-state index contributed by atoms with van der Waals surface area (Å²) in [6, 6.07) is 4.15. The van der Waals surface area contributed by atoms with Crippen molar-refractivity contribution in [2.75, 3.05) is 19.8 Å². The van der Waals surface area contributed by atoms with Crippen LogP contribution in [0.5, 0.6) is 0 Å². The van der Waals surface area contributed by atoms with Crippen molar-refractivity contribution in [2.45, 2.75) is 32.2 Å². The molecule has 1 aromatic rings. The Morgan fingerprint density at radius 2 is 1.83 bits per heavy atom. The molecule has 7 heteroatoms. The lowest BCUT2D eigenvalue weighted by Crippen LogP contribution is -2.34. The number of alkyl halides is 3. The van der Waals surface area contributed by atoms with Gasteiger partial charge in [-0.3, -0.25) is 4.79 Å². The number of nitrogens with one attached hydrogen (secondary N) is 1. The highest BCUT2D eigenvalue weighted by atomic mass is 19.4. The molecule has 2 rings (SSSR count). The van der Waals surface area contributed by atoms with Crippen molar-refractivity contribution in [3.8, 4) is 0 Å². The van der Waals surface area contributed by atoms with Gasteiger partial charge in [-0.1, -0.05) is 6.92 Å². The molecular weight excluding hydrogens is 311 g/mol. The van der Waals surface area contributed by atoms with E-state index in [1.807, 2.05) is 13.8 Å². The number of carbonyl (C=O) groups is 1. The lowest BCUT2D eigenvalue weighted by Gasteiger charge is -2.26. The molecule has 1 fully saturated rings. The zero-order valence-corrected chi connectivity index (χ0v) is 13.1. The molecule has 0 radical (unpaired) electrons. The van der Waals surface area contributed by atoms with Crippen molar-refractivity contribution in [2.24, 2.45) is 5.92 Å². The molecule has 1 aliphatic rings. The van der Waals surface area contributed by atoms with E-state index in [2.05, 4.69) is 5.32 Å². The van der Waals surface area contributed by atoms with Crippen molar-refractivity contribution in [1.82, 2.24) is 5.32 Å². The summed E-state index contributed by atoms with van der Waals surface area (Å²) >= 11 is 0. The molecule has 1 aliphatic heterocycles. The highest BCUT2D eigenvalue weighted by Gasteiger charge is 2.33. The fourth-order valence-electron chi connectivity index (χ4n) is 2.56. The van der Waals surface area contributed by atoms with Gasteiger partial charge < -0.3 is 14.8 Å². The Hall–Kier alpha value is -1.60. The van der Waals surface area contributed by atoms with Gasteiger partial charge in [0.2, 0.25) is 0 Å². The van der Waals surface area contributed by atoms with Crippen LogP contribution in [0.3, 0.4) is 0 Å². The van der Waals surface area contributed by atoms with Crippen LogP contribution in [-0.2, 0) is 15.7 Å². The highest BCUT2D eigenvalue weighted by Crippen LogP contribution is 2.29. The lowest BCUT2D eigenvalue weighted by atomic mass is 10.0. The molecule has 0 aromatic heterocycles. The average Bonchev–Trinajstić information content (AvgIpc) is 2.90. The molecule has 0 saturated carbocycles. The van der Waals surface area contributed by atoms with Crippen LogP contribution in [-0.4, -0.2) is 31.5 Å². The first kappa shape index (κ1) is 17.7.